The van der Waals surface area contributed by atoms with E-state index in [1.165, 1.54) is 65.5 Å². The van der Waals surface area contributed by atoms with Gasteiger partial charge in [-0.25, -0.2) is 0 Å². The van der Waals surface area contributed by atoms with Gasteiger partial charge in [-0.2, -0.15) is 0 Å². The lowest BCUT2D eigenvalue weighted by molar-refractivity contribution is 0.669. The fourth-order valence-corrected chi connectivity index (χ4v) is 8.08. The second-order valence-electron chi connectivity index (χ2n) is 12.9. The van der Waals surface area contributed by atoms with E-state index >= 15 is 0 Å². The Labute approximate surface area is 281 Å². The molecule has 0 saturated heterocycles. The third kappa shape index (κ3) is 3.78. The van der Waals surface area contributed by atoms with E-state index in [1.807, 2.05) is 6.07 Å². The van der Waals surface area contributed by atoms with E-state index in [0.717, 1.165) is 33.3 Å². The van der Waals surface area contributed by atoms with Crippen LogP contribution in [0.25, 0.3) is 98.8 Å². The molecule has 3 aromatic heterocycles. The molecular formula is C46H28N2O. The summed E-state index contributed by atoms with van der Waals surface area (Å²) in [6, 6.07) is 61.3. The largest absolute Gasteiger partial charge is 0.456 e. The maximum atomic E-state index is 6.35. The van der Waals surface area contributed by atoms with Crippen molar-refractivity contribution in [3.63, 3.8) is 0 Å². The average Bonchev–Trinajstić information content (AvgIpc) is 3.81. The zero-order valence-electron chi connectivity index (χ0n) is 26.5. The molecule has 0 radical (unpaired) electrons. The SMILES string of the molecule is c1ccc2cc(-c3ccc(-n4c5ccccc5c5cc6c7ccccc7n(-c7cccc8oc9ccccc9c78)c6cc54)cc3)ccc2c1. The van der Waals surface area contributed by atoms with Crippen molar-refractivity contribution in [3.05, 3.63) is 170 Å². The molecule has 0 atom stereocenters. The molecule has 0 aliphatic rings. The van der Waals surface area contributed by atoms with Gasteiger partial charge >= 0.3 is 0 Å². The molecule has 0 aliphatic heterocycles. The van der Waals surface area contributed by atoms with Gasteiger partial charge in [-0.15, -0.1) is 0 Å². The lowest BCUT2D eigenvalue weighted by Gasteiger charge is -2.12. The van der Waals surface area contributed by atoms with Gasteiger partial charge in [0.2, 0.25) is 0 Å². The summed E-state index contributed by atoms with van der Waals surface area (Å²) in [7, 11) is 0. The minimum Gasteiger partial charge on any atom is -0.456 e. The summed E-state index contributed by atoms with van der Waals surface area (Å²) >= 11 is 0. The molecule has 0 N–H and O–H groups in total. The topological polar surface area (TPSA) is 23.0 Å². The van der Waals surface area contributed by atoms with Crippen molar-refractivity contribution >= 4 is 76.3 Å². The van der Waals surface area contributed by atoms with Crippen LogP contribution in [0.1, 0.15) is 0 Å². The first-order valence-electron chi connectivity index (χ1n) is 16.8. The van der Waals surface area contributed by atoms with Gasteiger partial charge in [0.25, 0.3) is 0 Å². The highest BCUT2D eigenvalue weighted by Crippen LogP contribution is 2.42. The Hall–Kier alpha value is -6.58. The van der Waals surface area contributed by atoms with E-state index in [2.05, 4.69) is 173 Å². The Kier molecular flexibility index (Phi) is 5.38. The summed E-state index contributed by atoms with van der Waals surface area (Å²) in [4.78, 5) is 0. The minimum atomic E-state index is 0.895. The van der Waals surface area contributed by atoms with E-state index in [1.54, 1.807) is 0 Å². The molecule has 0 fully saturated rings. The molecule has 0 aliphatic carbocycles. The van der Waals surface area contributed by atoms with Crippen molar-refractivity contribution in [2.45, 2.75) is 0 Å². The van der Waals surface area contributed by atoms with Crippen molar-refractivity contribution in [3.8, 4) is 22.5 Å². The maximum Gasteiger partial charge on any atom is 0.137 e. The molecule has 0 spiro atoms. The number of nitrogens with zero attached hydrogens (tertiary/aromatic N) is 2. The predicted octanol–water partition coefficient (Wildman–Crippen LogP) is 12.6. The number of hydrogen-bond acceptors (Lipinski definition) is 1. The Morgan fingerprint density at radius 2 is 0.959 bits per heavy atom. The van der Waals surface area contributed by atoms with Gasteiger partial charge in [0.15, 0.2) is 0 Å². The van der Waals surface area contributed by atoms with Crippen LogP contribution in [0, 0.1) is 0 Å². The number of hydrogen-bond donors (Lipinski definition) is 0. The van der Waals surface area contributed by atoms with Crippen LogP contribution in [0.4, 0.5) is 0 Å². The van der Waals surface area contributed by atoms with Crippen LogP contribution in [0.15, 0.2) is 174 Å². The van der Waals surface area contributed by atoms with Crippen LogP contribution in [0.2, 0.25) is 0 Å². The molecule has 11 aromatic rings. The van der Waals surface area contributed by atoms with E-state index < -0.39 is 0 Å². The molecule has 11 rings (SSSR count). The number of para-hydroxylation sites is 3. The van der Waals surface area contributed by atoms with E-state index in [0.29, 0.717) is 0 Å². The molecule has 3 heteroatoms. The van der Waals surface area contributed by atoms with Crippen LogP contribution in [0.5, 0.6) is 0 Å². The highest BCUT2D eigenvalue weighted by atomic mass is 16.3. The predicted molar refractivity (Wildman–Crippen MR) is 205 cm³/mol. The van der Waals surface area contributed by atoms with Crippen molar-refractivity contribution < 1.29 is 4.42 Å². The highest BCUT2D eigenvalue weighted by molar-refractivity contribution is 6.20. The van der Waals surface area contributed by atoms with Gasteiger partial charge in [-0.1, -0.05) is 109 Å². The lowest BCUT2D eigenvalue weighted by Crippen LogP contribution is -1.96. The van der Waals surface area contributed by atoms with Crippen LogP contribution in [0.3, 0.4) is 0 Å². The smallest absolute Gasteiger partial charge is 0.137 e. The third-order valence-corrected chi connectivity index (χ3v) is 10.3. The van der Waals surface area contributed by atoms with E-state index in [9.17, 15) is 0 Å². The highest BCUT2D eigenvalue weighted by Gasteiger charge is 2.20. The third-order valence-electron chi connectivity index (χ3n) is 10.3. The van der Waals surface area contributed by atoms with Gasteiger partial charge in [0, 0.05) is 32.6 Å². The Balaban J connectivity index is 1.18. The van der Waals surface area contributed by atoms with Gasteiger partial charge in [-0.05, 0) is 82.6 Å². The molecule has 0 unspecified atom stereocenters. The summed E-state index contributed by atoms with van der Waals surface area (Å²) in [5.41, 5.74) is 11.2. The first kappa shape index (κ1) is 26.5. The van der Waals surface area contributed by atoms with Crippen molar-refractivity contribution in [1.29, 1.82) is 0 Å². The second-order valence-corrected chi connectivity index (χ2v) is 12.9. The molecule has 0 bridgehead atoms. The first-order chi connectivity index (χ1) is 24.3. The van der Waals surface area contributed by atoms with Crippen LogP contribution in [-0.4, -0.2) is 9.13 Å². The average molecular weight is 625 g/mol. The van der Waals surface area contributed by atoms with Crippen molar-refractivity contribution in [2.24, 2.45) is 0 Å². The van der Waals surface area contributed by atoms with E-state index in [-0.39, 0.29) is 0 Å². The molecule has 0 amide bonds. The van der Waals surface area contributed by atoms with Gasteiger partial charge in [0.05, 0.1) is 33.1 Å². The number of aromatic nitrogens is 2. The molecule has 228 valence electrons. The molecule has 49 heavy (non-hydrogen) atoms. The van der Waals surface area contributed by atoms with Crippen LogP contribution < -0.4 is 0 Å². The van der Waals surface area contributed by atoms with Gasteiger partial charge in [0.1, 0.15) is 11.2 Å². The Bertz CT molecular complexity index is 3100. The van der Waals surface area contributed by atoms with E-state index in [4.69, 9.17) is 4.42 Å². The quantitative estimate of drug-likeness (QED) is 0.192. The minimum absolute atomic E-state index is 0.895. The number of furan rings is 1. The van der Waals surface area contributed by atoms with Gasteiger partial charge in [-0.3, -0.25) is 0 Å². The molecule has 8 aromatic carbocycles. The molecular weight excluding hydrogens is 597 g/mol. The maximum absolute atomic E-state index is 6.35. The van der Waals surface area contributed by atoms with Crippen molar-refractivity contribution in [1.82, 2.24) is 9.13 Å². The first-order valence-corrected chi connectivity index (χ1v) is 16.8. The molecule has 3 nitrogen and oxygen atoms in total. The normalized spacial score (nSPS) is 12.1. The van der Waals surface area contributed by atoms with Crippen molar-refractivity contribution in [2.75, 3.05) is 0 Å². The molecule has 0 saturated carbocycles. The zero-order chi connectivity index (χ0) is 32.1. The number of fused-ring (bicyclic) bond motifs is 10. The van der Waals surface area contributed by atoms with Crippen LogP contribution in [-0.2, 0) is 0 Å². The molecule has 3 heterocycles. The summed E-state index contributed by atoms with van der Waals surface area (Å²) in [5.74, 6) is 0. The van der Waals surface area contributed by atoms with Crippen LogP contribution >= 0.6 is 0 Å². The Morgan fingerprint density at radius 1 is 0.347 bits per heavy atom. The summed E-state index contributed by atoms with van der Waals surface area (Å²) in [6.07, 6.45) is 0. The second kappa shape index (κ2) is 9.96. The fourth-order valence-electron chi connectivity index (χ4n) is 8.08. The number of benzene rings is 8. The summed E-state index contributed by atoms with van der Waals surface area (Å²) in [5, 5.41) is 9.74. The number of rotatable bonds is 3. The lowest BCUT2D eigenvalue weighted by atomic mass is 10.0. The van der Waals surface area contributed by atoms with Gasteiger partial charge < -0.3 is 13.6 Å². The zero-order valence-corrected chi connectivity index (χ0v) is 26.5. The monoisotopic (exact) mass is 624 g/mol. The fraction of sp³-hybridized carbons (Fsp3) is 0. The summed E-state index contributed by atoms with van der Waals surface area (Å²) < 4.78 is 11.2. The standard InChI is InChI=1S/C46H28N2O/c1-2-11-31-26-32(21-20-29(31)10-1)30-22-24-33(25-23-30)47-39-15-6-3-12-34(39)37-27-38-35-13-4-7-16-40(35)48(43(38)28-42(37)47)41-17-9-19-45-46(41)36-14-5-8-18-44(36)49-45/h1-28H. The summed E-state index contributed by atoms with van der Waals surface area (Å²) in [6.45, 7) is 0. The Morgan fingerprint density at radius 3 is 1.76 bits per heavy atom.